The number of urea groups is 1. The Bertz CT molecular complexity index is 218. The van der Waals surface area contributed by atoms with Crippen molar-refractivity contribution in [1.29, 1.82) is 0 Å². The second-order valence-electron chi connectivity index (χ2n) is 1.95. The fraction of sp³-hybridized carbons (Fsp3) is 0.333. The highest BCUT2D eigenvalue weighted by Gasteiger charge is 1.98. The van der Waals surface area contributed by atoms with Crippen LogP contribution in [0.4, 0.5) is 10.6 Å². The van der Waals surface area contributed by atoms with Gasteiger partial charge in [-0.2, -0.15) is 5.10 Å². The maximum Gasteiger partial charge on any atom is 0.320 e. The molecule has 0 saturated heterocycles. The van der Waals surface area contributed by atoms with E-state index in [0.29, 0.717) is 12.4 Å². The Kier molecular flexibility index (Phi) is 2.48. The lowest BCUT2D eigenvalue weighted by Gasteiger charge is -2.01. The molecular weight excluding hydrogens is 144 g/mol. The number of nitrogens with one attached hydrogen (secondary N) is 3. The molecule has 1 heterocycles. The van der Waals surface area contributed by atoms with E-state index in [-0.39, 0.29) is 6.03 Å². The predicted molar refractivity (Wildman–Crippen MR) is 41.3 cm³/mol. The summed E-state index contributed by atoms with van der Waals surface area (Å²) in [6.45, 7) is 2.46. The van der Waals surface area contributed by atoms with Crippen LogP contribution >= 0.6 is 0 Å². The number of amides is 2. The van der Waals surface area contributed by atoms with Crippen LogP contribution in [0.1, 0.15) is 6.92 Å². The van der Waals surface area contributed by atoms with E-state index in [9.17, 15) is 4.79 Å². The Morgan fingerprint density at radius 2 is 2.64 bits per heavy atom. The third-order valence-corrected chi connectivity index (χ3v) is 1.09. The van der Waals surface area contributed by atoms with Crippen LogP contribution in [0.3, 0.4) is 0 Å². The van der Waals surface area contributed by atoms with Crippen molar-refractivity contribution in [2.24, 2.45) is 0 Å². The molecule has 60 valence electrons. The number of aromatic amines is 1. The van der Waals surface area contributed by atoms with E-state index >= 15 is 0 Å². The largest absolute Gasteiger partial charge is 0.338 e. The maximum atomic E-state index is 10.8. The van der Waals surface area contributed by atoms with E-state index in [1.54, 1.807) is 12.3 Å². The number of rotatable bonds is 2. The van der Waals surface area contributed by atoms with E-state index in [1.165, 1.54) is 0 Å². The first-order chi connectivity index (χ1) is 5.33. The molecule has 0 aliphatic heterocycles. The third kappa shape index (κ3) is 2.29. The van der Waals surface area contributed by atoms with Crippen molar-refractivity contribution in [3.8, 4) is 0 Å². The molecule has 0 spiro atoms. The molecular formula is C6H10N4O. The number of nitrogens with zero attached hydrogens (tertiary/aromatic N) is 1. The highest BCUT2D eigenvalue weighted by molar-refractivity contribution is 5.87. The molecule has 0 saturated carbocycles. The molecule has 1 aromatic rings. The summed E-state index contributed by atoms with van der Waals surface area (Å²) >= 11 is 0. The highest BCUT2D eigenvalue weighted by atomic mass is 16.2. The summed E-state index contributed by atoms with van der Waals surface area (Å²) in [6.07, 6.45) is 1.57. The van der Waals surface area contributed by atoms with Crippen molar-refractivity contribution in [1.82, 2.24) is 15.5 Å². The number of hydrogen-bond acceptors (Lipinski definition) is 2. The summed E-state index contributed by atoms with van der Waals surface area (Å²) in [5, 5.41) is 11.4. The van der Waals surface area contributed by atoms with Gasteiger partial charge in [-0.25, -0.2) is 4.79 Å². The second-order valence-corrected chi connectivity index (χ2v) is 1.95. The summed E-state index contributed by atoms with van der Waals surface area (Å²) in [7, 11) is 0. The molecule has 0 aliphatic rings. The Morgan fingerprint density at radius 3 is 3.18 bits per heavy atom. The first-order valence-corrected chi connectivity index (χ1v) is 3.37. The van der Waals surface area contributed by atoms with Gasteiger partial charge in [-0.15, -0.1) is 0 Å². The van der Waals surface area contributed by atoms with Crippen LogP contribution < -0.4 is 10.6 Å². The lowest BCUT2D eigenvalue weighted by Crippen LogP contribution is -2.28. The summed E-state index contributed by atoms with van der Waals surface area (Å²) in [6, 6.07) is 1.45. The van der Waals surface area contributed by atoms with Gasteiger partial charge in [-0.05, 0) is 6.92 Å². The van der Waals surface area contributed by atoms with Crippen molar-refractivity contribution in [2.45, 2.75) is 6.92 Å². The van der Waals surface area contributed by atoms with Gasteiger partial charge in [0.25, 0.3) is 0 Å². The van der Waals surface area contributed by atoms with Crippen LogP contribution in [0.15, 0.2) is 12.3 Å². The van der Waals surface area contributed by atoms with Crippen molar-refractivity contribution in [2.75, 3.05) is 11.9 Å². The molecule has 0 fully saturated rings. The van der Waals surface area contributed by atoms with Gasteiger partial charge < -0.3 is 5.32 Å². The number of H-pyrrole nitrogens is 1. The topological polar surface area (TPSA) is 69.8 Å². The molecule has 1 aromatic heterocycles. The summed E-state index contributed by atoms with van der Waals surface area (Å²) < 4.78 is 0. The number of anilines is 1. The number of carbonyl (C=O) groups excluding carboxylic acids is 1. The van der Waals surface area contributed by atoms with Gasteiger partial charge in [0, 0.05) is 12.6 Å². The Balaban J connectivity index is 2.37. The average molecular weight is 154 g/mol. The second kappa shape index (κ2) is 3.60. The van der Waals surface area contributed by atoms with Crippen LogP contribution in [-0.4, -0.2) is 22.8 Å². The van der Waals surface area contributed by atoms with Crippen LogP contribution in [0.5, 0.6) is 0 Å². The lowest BCUT2D eigenvalue weighted by atomic mass is 10.6. The minimum atomic E-state index is -0.225. The first-order valence-electron chi connectivity index (χ1n) is 3.37. The SMILES string of the molecule is CCNC(=O)Nc1ccn[nH]1. The van der Waals surface area contributed by atoms with Crippen LogP contribution in [-0.2, 0) is 0 Å². The fourth-order valence-electron chi connectivity index (χ4n) is 0.653. The molecule has 2 amide bonds. The van der Waals surface area contributed by atoms with Gasteiger partial charge in [-0.1, -0.05) is 0 Å². The monoisotopic (exact) mass is 154 g/mol. The van der Waals surface area contributed by atoms with Crippen molar-refractivity contribution in [3.05, 3.63) is 12.3 Å². The summed E-state index contributed by atoms with van der Waals surface area (Å²) in [4.78, 5) is 10.8. The van der Waals surface area contributed by atoms with Gasteiger partial charge >= 0.3 is 6.03 Å². The van der Waals surface area contributed by atoms with Gasteiger partial charge in [-0.3, -0.25) is 10.4 Å². The molecule has 1 rings (SSSR count). The van der Waals surface area contributed by atoms with E-state index in [0.717, 1.165) is 0 Å². The number of hydrogen-bond donors (Lipinski definition) is 3. The molecule has 5 heteroatoms. The molecule has 0 aliphatic carbocycles. The highest BCUT2D eigenvalue weighted by Crippen LogP contribution is 1.96. The van der Waals surface area contributed by atoms with Crippen molar-refractivity contribution in [3.63, 3.8) is 0 Å². The Hall–Kier alpha value is -1.52. The average Bonchev–Trinajstić information content (AvgIpc) is 2.40. The quantitative estimate of drug-likeness (QED) is 0.582. The first kappa shape index (κ1) is 7.59. The van der Waals surface area contributed by atoms with Crippen molar-refractivity contribution < 1.29 is 4.79 Å². The zero-order chi connectivity index (χ0) is 8.10. The van der Waals surface area contributed by atoms with E-state index in [1.807, 2.05) is 6.92 Å². The van der Waals surface area contributed by atoms with Gasteiger partial charge in [0.2, 0.25) is 0 Å². The van der Waals surface area contributed by atoms with Crippen LogP contribution in [0.25, 0.3) is 0 Å². The predicted octanol–water partition coefficient (Wildman–Crippen LogP) is 0.551. The Labute approximate surface area is 64.2 Å². The molecule has 0 unspecified atom stereocenters. The van der Waals surface area contributed by atoms with Gasteiger partial charge in [0.05, 0.1) is 6.20 Å². The Morgan fingerprint density at radius 1 is 1.82 bits per heavy atom. The molecule has 0 atom stereocenters. The lowest BCUT2D eigenvalue weighted by molar-refractivity contribution is 0.252. The minimum Gasteiger partial charge on any atom is -0.338 e. The van der Waals surface area contributed by atoms with E-state index < -0.39 is 0 Å². The number of aromatic nitrogens is 2. The minimum absolute atomic E-state index is 0.225. The molecule has 0 radical (unpaired) electrons. The van der Waals surface area contributed by atoms with Gasteiger partial charge in [0.1, 0.15) is 5.82 Å². The zero-order valence-corrected chi connectivity index (χ0v) is 6.22. The molecule has 0 aromatic carbocycles. The maximum absolute atomic E-state index is 10.8. The normalized spacial score (nSPS) is 9.18. The van der Waals surface area contributed by atoms with Crippen molar-refractivity contribution >= 4 is 11.8 Å². The molecule has 3 N–H and O–H groups in total. The fourth-order valence-corrected chi connectivity index (χ4v) is 0.653. The van der Waals surface area contributed by atoms with Crippen LogP contribution in [0, 0.1) is 0 Å². The zero-order valence-electron chi connectivity index (χ0n) is 6.22. The van der Waals surface area contributed by atoms with E-state index in [2.05, 4.69) is 20.8 Å². The summed E-state index contributed by atoms with van der Waals surface area (Å²) in [5.74, 6) is 0.593. The standard InChI is InChI=1S/C6H10N4O/c1-2-7-6(11)9-5-3-4-8-10-5/h3-4H,2H2,1H3,(H3,7,8,9,10,11). The van der Waals surface area contributed by atoms with E-state index in [4.69, 9.17) is 0 Å². The van der Waals surface area contributed by atoms with Crippen LogP contribution in [0.2, 0.25) is 0 Å². The number of carbonyl (C=O) groups is 1. The third-order valence-electron chi connectivity index (χ3n) is 1.09. The molecule has 0 bridgehead atoms. The molecule has 5 nitrogen and oxygen atoms in total. The van der Waals surface area contributed by atoms with Gasteiger partial charge in [0.15, 0.2) is 0 Å². The smallest absolute Gasteiger partial charge is 0.320 e. The summed E-state index contributed by atoms with van der Waals surface area (Å²) in [5.41, 5.74) is 0. The molecule has 11 heavy (non-hydrogen) atoms.